The number of amides is 1. The summed E-state index contributed by atoms with van der Waals surface area (Å²) in [6.45, 7) is 2.58. The molecule has 20 heavy (non-hydrogen) atoms. The number of carbonyl (C=O) groups excluding carboxylic acids is 1. The Bertz CT molecular complexity index is 579. The van der Waals surface area contributed by atoms with Crippen molar-refractivity contribution < 1.29 is 4.79 Å². The van der Waals surface area contributed by atoms with E-state index in [1.807, 2.05) is 31.2 Å². The van der Waals surface area contributed by atoms with Gasteiger partial charge in [-0.1, -0.05) is 30.3 Å². The lowest BCUT2D eigenvalue weighted by atomic mass is 10.1. The molecule has 2 rings (SSSR count). The maximum absolute atomic E-state index is 12.0. The van der Waals surface area contributed by atoms with Crippen LogP contribution < -0.4 is 11.1 Å². The first-order chi connectivity index (χ1) is 9.66. The van der Waals surface area contributed by atoms with Crippen LogP contribution in [0.25, 0.3) is 0 Å². The van der Waals surface area contributed by atoms with Crippen molar-refractivity contribution in [1.82, 2.24) is 5.32 Å². The molecule has 0 saturated carbocycles. The van der Waals surface area contributed by atoms with Gasteiger partial charge in [-0.25, -0.2) is 0 Å². The first kappa shape index (κ1) is 14.1. The molecular weight excluding hydrogens is 248 g/mol. The Kier molecular flexibility index (Phi) is 4.77. The zero-order chi connectivity index (χ0) is 14.4. The van der Waals surface area contributed by atoms with Gasteiger partial charge in [-0.3, -0.25) is 4.79 Å². The standard InChI is InChI=1S/C17H20N2O/c1-13-12-15(18)9-10-16(13)17(20)19-11-5-8-14-6-3-2-4-7-14/h2-4,6-7,9-10,12H,5,8,11,18H2,1H3,(H,19,20). The number of benzene rings is 2. The van der Waals surface area contributed by atoms with Gasteiger partial charge in [0.25, 0.3) is 5.91 Å². The van der Waals surface area contributed by atoms with Crippen molar-refractivity contribution in [2.75, 3.05) is 12.3 Å². The lowest BCUT2D eigenvalue weighted by Gasteiger charge is -2.08. The second kappa shape index (κ2) is 6.75. The molecule has 0 radical (unpaired) electrons. The number of nitrogens with two attached hydrogens (primary N) is 1. The Labute approximate surface area is 119 Å². The molecule has 0 aliphatic heterocycles. The van der Waals surface area contributed by atoms with Crippen LogP contribution in [0.3, 0.4) is 0 Å². The van der Waals surface area contributed by atoms with E-state index >= 15 is 0 Å². The van der Waals surface area contributed by atoms with Crippen molar-refractivity contribution in [1.29, 1.82) is 0 Å². The molecule has 3 nitrogen and oxygen atoms in total. The maximum atomic E-state index is 12.0. The molecular formula is C17H20N2O. The summed E-state index contributed by atoms with van der Waals surface area (Å²) in [6.07, 6.45) is 1.91. The van der Waals surface area contributed by atoms with Crippen LogP contribution >= 0.6 is 0 Å². The molecule has 2 aromatic carbocycles. The van der Waals surface area contributed by atoms with Gasteiger partial charge in [0.15, 0.2) is 0 Å². The van der Waals surface area contributed by atoms with Crippen LogP contribution in [0.15, 0.2) is 48.5 Å². The zero-order valence-corrected chi connectivity index (χ0v) is 11.7. The van der Waals surface area contributed by atoms with Gasteiger partial charge in [0.2, 0.25) is 0 Å². The quantitative estimate of drug-likeness (QED) is 0.647. The Morgan fingerprint density at radius 1 is 1.15 bits per heavy atom. The fourth-order valence-electron chi connectivity index (χ4n) is 2.18. The molecule has 0 heterocycles. The van der Waals surface area contributed by atoms with Gasteiger partial charge in [-0.2, -0.15) is 0 Å². The van der Waals surface area contributed by atoms with E-state index in [-0.39, 0.29) is 5.91 Å². The number of nitrogen functional groups attached to an aromatic ring is 1. The first-order valence-electron chi connectivity index (χ1n) is 6.85. The normalized spacial score (nSPS) is 10.2. The zero-order valence-electron chi connectivity index (χ0n) is 11.7. The number of nitrogens with one attached hydrogen (secondary N) is 1. The largest absolute Gasteiger partial charge is 0.399 e. The summed E-state index contributed by atoms with van der Waals surface area (Å²) in [7, 11) is 0. The second-order valence-corrected chi connectivity index (χ2v) is 4.92. The third-order valence-corrected chi connectivity index (χ3v) is 3.27. The molecule has 3 N–H and O–H groups in total. The van der Waals surface area contributed by atoms with Crippen LogP contribution in [0.4, 0.5) is 5.69 Å². The minimum atomic E-state index is -0.0319. The van der Waals surface area contributed by atoms with Crippen molar-refractivity contribution >= 4 is 11.6 Å². The van der Waals surface area contributed by atoms with E-state index in [0.29, 0.717) is 17.8 Å². The van der Waals surface area contributed by atoms with E-state index in [1.54, 1.807) is 12.1 Å². The molecule has 2 aromatic rings. The van der Waals surface area contributed by atoms with Crippen molar-refractivity contribution in [3.63, 3.8) is 0 Å². The Hall–Kier alpha value is -2.29. The van der Waals surface area contributed by atoms with E-state index < -0.39 is 0 Å². The van der Waals surface area contributed by atoms with Crippen molar-refractivity contribution in [2.45, 2.75) is 19.8 Å². The van der Waals surface area contributed by atoms with Crippen LogP contribution in [0.5, 0.6) is 0 Å². The average molecular weight is 268 g/mol. The van der Waals surface area contributed by atoms with Crippen molar-refractivity contribution in [3.8, 4) is 0 Å². The van der Waals surface area contributed by atoms with Gasteiger partial charge in [-0.15, -0.1) is 0 Å². The van der Waals surface area contributed by atoms with Gasteiger partial charge in [-0.05, 0) is 49.1 Å². The molecule has 0 spiro atoms. The number of rotatable bonds is 5. The summed E-state index contributed by atoms with van der Waals surface area (Å²) in [5.41, 5.74) is 9.26. The Morgan fingerprint density at radius 3 is 2.60 bits per heavy atom. The number of aryl methyl sites for hydroxylation is 2. The monoisotopic (exact) mass is 268 g/mol. The fourth-order valence-corrected chi connectivity index (χ4v) is 2.18. The molecule has 0 aliphatic rings. The maximum Gasteiger partial charge on any atom is 0.251 e. The van der Waals surface area contributed by atoms with Crippen LogP contribution in [-0.2, 0) is 6.42 Å². The summed E-state index contributed by atoms with van der Waals surface area (Å²) >= 11 is 0. The average Bonchev–Trinajstić information content (AvgIpc) is 2.44. The number of hydrogen-bond donors (Lipinski definition) is 2. The van der Waals surface area contributed by atoms with Gasteiger partial charge in [0.05, 0.1) is 0 Å². The lowest BCUT2D eigenvalue weighted by molar-refractivity contribution is 0.0952. The molecule has 0 atom stereocenters. The molecule has 0 bridgehead atoms. The summed E-state index contributed by atoms with van der Waals surface area (Å²) in [6, 6.07) is 15.6. The van der Waals surface area contributed by atoms with Crippen LogP contribution in [0.2, 0.25) is 0 Å². The highest BCUT2D eigenvalue weighted by Gasteiger charge is 2.07. The molecule has 1 amide bonds. The van der Waals surface area contributed by atoms with Crippen LogP contribution in [-0.4, -0.2) is 12.5 Å². The topological polar surface area (TPSA) is 55.1 Å². The number of anilines is 1. The predicted octanol–water partition coefficient (Wildman–Crippen LogP) is 2.94. The summed E-state index contributed by atoms with van der Waals surface area (Å²) in [5, 5.41) is 2.95. The third kappa shape index (κ3) is 3.85. The van der Waals surface area contributed by atoms with E-state index in [4.69, 9.17) is 5.73 Å². The lowest BCUT2D eigenvalue weighted by Crippen LogP contribution is -2.25. The van der Waals surface area contributed by atoms with Gasteiger partial charge in [0.1, 0.15) is 0 Å². The van der Waals surface area contributed by atoms with Crippen molar-refractivity contribution in [2.24, 2.45) is 0 Å². The summed E-state index contributed by atoms with van der Waals surface area (Å²) < 4.78 is 0. The molecule has 3 heteroatoms. The van der Waals surface area contributed by atoms with E-state index in [2.05, 4.69) is 17.4 Å². The fraction of sp³-hybridized carbons (Fsp3) is 0.235. The number of hydrogen-bond acceptors (Lipinski definition) is 2. The molecule has 0 saturated heterocycles. The highest BCUT2D eigenvalue weighted by atomic mass is 16.1. The van der Waals surface area contributed by atoms with Gasteiger partial charge < -0.3 is 11.1 Å². The minimum Gasteiger partial charge on any atom is -0.399 e. The third-order valence-electron chi connectivity index (χ3n) is 3.27. The Morgan fingerprint density at radius 2 is 1.90 bits per heavy atom. The van der Waals surface area contributed by atoms with E-state index in [9.17, 15) is 4.79 Å². The predicted molar refractivity (Wildman–Crippen MR) is 82.7 cm³/mol. The first-order valence-corrected chi connectivity index (χ1v) is 6.85. The van der Waals surface area contributed by atoms with E-state index in [1.165, 1.54) is 5.56 Å². The van der Waals surface area contributed by atoms with Crippen LogP contribution in [0.1, 0.15) is 27.9 Å². The molecule has 0 aromatic heterocycles. The van der Waals surface area contributed by atoms with Crippen molar-refractivity contribution in [3.05, 3.63) is 65.2 Å². The minimum absolute atomic E-state index is 0.0319. The molecule has 104 valence electrons. The molecule has 0 fully saturated rings. The SMILES string of the molecule is Cc1cc(N)ccc1C(=O)NCCCc1ccccc1. The molecule has 0 unspecified atom stereocenters. The summed E-state index contributed by atoms with van der Waals surface area (Å²) in [5.74, 6) is -0.0319. The van der Waals surface area contributed by atoms with Gasteiger partial charge >= 0.3 is 0 Å². The molecule has 0 aliphatic carbocycles. The van der Waals surface area contributed by atoms with E-state index in [0.717, 1.165) is 18.4 Å². The smallest absolute Gasteiger partial charge is 0.251 e. The van der Waals surface area contributed by atoms with Gasteiger partial charge in [0, 0.05) is 17.8 Å². The summed E-state index contributed by atoms with van der Waals surface area (Å²) in [4.78, 5) is 12.0. The number of carbonyl (C=O) groups is 1. The second-order valence-electron chi connectivity index (χ2n) is 4.92. The highest BCUT2D eigenvalue weighted by Crippen LogP contribution is 2.12. The Balaban J connectivity index is 1.80. The highest BCUT2D eigenvalue weighted by molar-refractivity contribution is 5.95. The van der Waals surface area contributed by atoms with Crippen LogP contribution in [0, 0.1) is 6.92 Å².